The Labute approximate surface area is 76.8 Å². The smallest absolute Gasteiger partial charge is 0.450 e. The van der Waals surface area contributed by atoms with Crippen LogP contribution in [-0.4, -0.2) is 28.6 Å². The van der Waals surface area contributed by atoms with Crippen LogP contribution in [0.1, 0.15) is 25.7 Å². The lowest BCUT2D eigenvalue weighted by Gasteiger charge is -2.16. The third kappa shape index (κ3) is 3.94. The van der Waals surface area contributed by atoms with Crippen molar-refractivity contribution >= 4 is 6.16 Å². The Balaban J connectivity index is 2.42. The van der Waals surface area contributed by atoms with E-state index in [-0.39, 0.29) is 12.2 Å². The monoisotopic (exact) mass is 186 g/mol. The number of hydrogen-bond donors (Lipinski definition) is 2. The Morgan fingerprint density at radius 2 is 2.23 bits per heavy atom. The van der Waals surface area contributed by atoms with Gasteiger partial charge in [-0.1, -0.05) is 6.08 Å². The summed E-state index contributed by atoms with van der Waals surface area (Å²) in [6, 6.07) is 0. The number of rotatable bonds is 1. The molecule has 0 bridgehead atoms. The lowest BCUT2D eigenvalue weighted by Crippen LogP contribution is -2.17. The fraction of sp³-hybridized carbons (Fsp3) is 0.667. The van der Waals surface area contributed by atoms with Gasteiger partial charge in [-0.25, -0.2) is 4.79 Å². The van der Waals surface area contributed by atoms with Crippen molar-refractivity contribution in [2.45, 2.75) is 37.9 Å². The van der Waals surface area contributed by atoms with Crippen LogP contribution in [0.3, 0.4) is 0 Å². The van der Waals surface area contributed by atoms with Gasteiger partial charge in [-0.05, 0) is 31.8 Å². The Morgan fingerprint density at radius 1 is 1.46 bits per heavy atom. The Morgan fingerprint density at radius 3 is 2.92 bits per heavy atom. The average Bonchev–Trinajstić information content (AvgIpc) is 1.99. The van der Waals surface area contributed by atoms with Crippen LogP contribution >= 0.6 is 0 Å². The highest BCUT2D eigenvalue weighted by Crippen LogP contribution is 2.14. The van der Waals surface area contributed by atoms with E-state index in [2.05, 4.69) is 4.74 Å². The number of carbonyl (C=O) groups is 1. The highest BCUT2D eigenvalue weighted by molar-refractivity contribution is 5.57. The molecule has 13 heavy (non-hydrogen) atoms. The summed E-state index contributed by atoms with van der Waals surface area (Å²) < 4.78 is 4.61. The van der Waals surface area contributed by atoms with Crippen LogP contribution in [0.15, 0.2) is 12.2 Å². The fourth-order valence-corrected chi connectivity index (χ4v) is 1.38. The van der Waals surface area contributed by atoms with Crippen molar-refractivity contribution in [3.63, 3.8) is 0 Å². The molecule has 0 aromatic rings. The van der Waals surface area contributed by atoms with Crippen molar-refractivity contribution in [3.8, 4) is 0 Å². The van der Waals surface area contributed by atoms with Gasteiger partial charge in [0.2, 0.25) is 0 Å². The summed E-state index contributed by atoms with van der Waals surface area (Å²) in [4.78, 5) is 10.2. The quantitative estimate of drug-likeness (QED) is 0.481. The topological polar surface area (TPSA) is 66.8 Å². The predicted molar refractivity (Wildman–Crippen MR) is 46.5 cm³/mol. The third-order valence-corrected chi connectivity index (χ3v) is 2.04. The zero-order valence-electron chi connectivity index (χ0n) is 7.35. The van der Waals surface area contributed by atoms with Gasteiger partial charge in [0.15, 0.2) is 0 Å². The molecular weight excluding hydrogens is 172 g/mol. The number of aliphatic hydroxyl groups is 1. The van der Waals surface area contributed by atoms with Gasteiger partial charge in [0.05, 0.1) is 6.10 Å². The Bertz CT molecular complexity index is 200. The minimum atomic E-state index is -1.24. The van der Waals surface area contributed by atoms with E-state index in [9.17, 15) is 9.90 Å². The van der Waals surface area contributed by atoms with Gasteiger partial charge in [0.1, 0.15) is 6.10 Å². The molecule has 0 heterocycles. The van der Waals surface area contributed by atoms with E-state index in [1.54, 1.807) is 12.2 Å². The zero-order valence-corrected chi connectivity index (χ0v) is 7.35. The van der Waals surface area contributed by atoms with E-state index in [1.807, 2.05) is 0 Å². The molecule has 4 heteroatoms. The minimum absolute atomic E-state index is 0.290. The van der Waals surface area contributed by atoms with Gasteiger partial charge in [-0.15, -0.1) is 0 Å². The number of aliphatic hydroxyl groups excluding tert-OH is 1. The summed E-state index contributed by atoms with van der Waals surface area (Å²) in [5, 5.41) is 17.6. The van der Waals surface area contributed by atoms with Crippen molar-refractivity contribution in [2.75, 3.05) is 0 Å². The largest absolute Gasteiger partial charge is 0.506 e. The molecular formula is C9H14O4. The van der Waals surface area contributed by atoms with Crippen molar-refractivity contribution in [2.24, 2.45) is 0 Å². The summed E-state index contributed by atoms with van der Waals surface area (Å²) in [7, 11) is 0. The van der Waals surface area contributed by atoms with Gasteiger partial charge >= 0.3 is 6.16 Å². The van der Waals surface area contributed by atoms with E-state index >= 15 is 0 Å². The summed E-state index contributed by atoms with van der Waals surface area (Å²) in [6.07, 6.45) is 4.35. The number of hydrogen-bond acceptors (Lipinski definition) is 3. The van der Waals surface area contributed by atoms with Crippen molar-refractivity contribution < 1.29 is 19.7 Å². The molecule has 1 aliphatic carbocycles. The first kappa shape index (κ1) is 10.1. The molecule has 0 aromatic heterocycles. The highest BCUT2D eigenvalue weighted by atomic mass is 16.7. The maximum atomic E-state index is 10.2. The van der Waals surface area contributed by atoms with Crippen LogP contribution in [0.5, 0.6) is 0 Å². The molecule has 0 aliphatic heterocycles. The molecule has 0 spiro atoms. The van der Waals surface area contributed by atoms with Gasteiger partial charge < -0.3 is 14.9 Å². The van der Waals surface area contributed by atoms with E-state index in [4.69, 9.17) is 5.11 Å². The average molecular weight is 186 g/mol. The Kier molecular flexibility index (Phi) is 3.76. The molecule has 4 nitrogen and oxygen atoms in total. The summed E-state index contributed by atoms with van der Waals surface area (Å²) in [6.45, 7) is 0. The lowest BCUT2D eigenvalue weighted by atomic mass is 10.0. The minimum Gasteiger partial charge on any atom is -0.450 e. The molecule has 1 rings (SSSR count). The van der Waals surface area contributed by atoms with Crippen LogP contribution in [0, 0.1) is 0 Å². The second-order valence-electron chi connectivity index (χ2n) is 3.17. The van der Waals surface area contributed by atoms with Crippen molar-refractivity contribution in [1.82, 2.24) is 0 Å². The molecule has 74 valence electrons. The first-order chi connectivity index (χ1) is 6.18. The van der Waals surface area contributed by atoms with E-state index < -0.39 is 6.16 Å². The molecule has 0 radical (unpaired) electrons. The molecule has 0 aromatic carbocycles. The van der Waals surface area contributed by atoms with E-state index in [0.29, 0.717) is 19.3 Å². The summed E-state index contributed by atoms with van der Waals surface area (Å²) in [5.74, 6) is 0. The van der Waals surface area contributed by atoms with Crippen molar-refractivity contribution in [3.05, 3.63) is 12.2 Å². The maximum Gasteiger partial charge on any atom is 0.506 e. The van der Waals surface area contributed by atoms with Gasteiger partial charge in [-0.2, -0.15) is 0 Å². The molecule has 2 N–H and O–H groups in total. The SMILES string of the molecule is O=C(O)OC1/C=C/CC(O)CCC1. The molecule has 0 fully saturated rings. The molecule has 0 saturated heterocycles. The van der Waals surface area contributed by atoms with Gasteiger partial charge in [0, 0.05) is 0 Å². The standard InChI is InChI=1S/C9H14O4/c10-7-3-1-5-8(6-2-4-7)13-9(11)12/h1,5,7-8,10H,2-4,6H2,(H,11,12)/b5-1+. The molecule has 1 aliphatic rings. The summed E-state index contributed by atoms with van der Waals surface area (Å²) >= 11 is 0. The summed E-state index contributed by atoms with van der Waals surface area (Å²) in [5.41, 5.74) is 0. The van der Waals surface area contributed by atoms with Crippen LogP contribution < -0.4 is 0 Å². The first-order valence-electron chi connectivity index (χ1n) is 4.43. The van der Waals surface area contributed by atoms with E-state index in [0.717, 1.165) is 6.42 Å². The molecule has 0 amide bonds. The van der Waals surface area contributed by atoms with E-state index in [1.165, 1.54) is 0 Å². The number of ether oxygens (including phenoxy) is 1. The Hall–Kier alpha value is -1.03. The second kappa shape index (κ2) is 4.87. The van der Waals surface area contributed by atoms with Crippen LogP contribution in [0.2, 0.25) is 0 Å². The molecule has 2 unspecified atom stereocenters. The molecule has 2 atom stereocenters. The third-order valence-electron chi connectivity index (χ3n) is 2.04. The maximum absolute atomic E-state index is 10.2. The lowest BCUT2D eigenvalue weighted by molar-refractivity contribution is 0.0618. The predicted octanol–water partition coefficient (Wildman–Crippen LogP) is 1.54. The second-order valence-corrected chi connectivity index (χ2v) is 3.17. The zero-order chi connectivity index (χ0) is 9.68. The normalized spacial score (nSPS) is 31.5. The first-order valence-corrected chi connectivity index (χ1v) is 4.43. The van der Waals surface area contributed by atoms with Crippen LogP contribution in [0.25, 0.3) is 0 Å². The fourth-order valence-electron chi connectivity index (χ4n) is 1.38. The molecule has 0 saturated carbocycles. The van der Waals surface area contributed by atoms with Crippen LogP contribution in [-0.2, 0) is 4.74 Å². The highest BCUT2D eigenvalue weighted by Gasteiger charge is 2.13. The van der Waals surface area contributed by atoms with Crippen molar-refractivity contribution in [1.29, 1.82) is 0 Å². The van der Waals surface area contributed by atoms with Crippen LogP contribution in [0.4, 0.5) is 4.79 Å². The number of carboxylic acid groups (broad SMARTS) is 1. The van der Waals surface area contributed by atoms with Gasteiger partial charge in [-0.3, -0.25) is 0 Å². The van der Waals surface area contributed by atoms with Gasteiger partial charge in [0.25, 0.3) is 0 Å².